The molecule has 3 aromatic heterocycles. The summed E-state index contributed by atoms with van der Waals surface area (Å²) in [5.41, 5.74) is 5.42. The molecular weight excluding hydrogens is 470 g/mol. The Hall–Kier alpha value is -3.56. The maximum atomic E-state index is 12.0. The number of aryl methyl sites for hydroxylation is 2. The van der Waals surface area contributed by atoms with Crippen LogP contribution in [-0.4, -0.2) is 56.1 Å². The zero-order chi connectivity index (χ0) is 25.9. The molecule has 3 aromatic rings. The van der Waals surface area contributed by atoms with Crippen molar-refractivity contribution < 1.29 is 14.3 Å². The molecule has 5 rings (SSSR count). The van der Waals surface area contributed by atoms with E-state index in [1.54, 1.807) is 10.9 Å². The van der Waals surface area contributed by atoms with E-state index in [1.165, 1.54) is 26.4 Å². The van der Waals surface area contributed by atoms with E-state index in [-0.39, 0.29) is 24.4 Å². The summed E-state index contributed by atoms with van der Waals surface area (Å²) < 4.78 is 12.7. The molecule has 0 spiro atoms. The fraction of sp³-hybridized carbons (Fsp3) is 0.556. The molecule has 0 radical (unpaired) electrons. The number of ether oxygens (including phenoxy) is 2. The molecule has 0 unspecified atom stereocenters. The van der Waals surface area contributed by atoms with Crippen LogP contribution in [0.15, 0.2) is 24.4 Å². The zero-order valence-electron chi connectivity index (χ0n) is 22.1. The molecule has 4 heterocycles. The second kappa shape index (κ2) is 10.8. The Labute approximate surface area is 217 Å². The SMILES string of the molecule is CCc1nc(-c2nnn(C)c2COc2nccc(C3CCC3)n2)ccc1N1CC[C@@H]([C@@H](C)C(=O)OC)C1. The lowest BCUT2D eigenvalue weighted by Gasteiger charge is -2.24. The molecule has 2 fully saturated rings. The lowest BCUT2D eigenvalue weighted by molar-refractivity contribution is -0.146. The molecule has 37 heavy (non-hydrogen) atoms. The lowest BCUT2D eigenvalue weighted by Crippen LogP contribution is -2.27. The number of hydrogen-bond donors (Lipinski definition) is 0. The average molecular weight is 506 g/mol. The first-order valence-corrected chi connectivity index (χ1v) is 13.2. The van der Waals surface area contributed by atoms with Crippen LogP contribution in [0.4, 0.5) is 5.69 Å². The molecule has 1 saturated carbocycles. The Morgan fingerprint density at radius 2 is 2.03 bits per heavy atom. The normalized spacial score (nSPS) is 18.5. The first-order chi connectivity index (χ1) is 18.0. The molecule has 1 saturated heterocycles. The van der Waals surface area contributed by atoms with Crippen LogP contribution in [0.2, 0.25) is 0 Å². The standard InChI is InChI=1S/C27H35N7O3/c1-5-20-23(34-14-12-19(15-34)17(2)26(35)36-4)10-9-22(29-20)25-24(33(3)32-31-25)16-37-27-28-13-11-21(30-27)18-7-6-8-18/h9-11,13,17-19H,5-8,12,14-16H2,1-4H3/t17-,19-/m1/s1. The van der Waals surface area contributed by atoms with Gasteiger partial charge in [-0.25, -0.2) is 14.6 Å². The Bertz CT molecular complexity index is 1260. The zero-order valence-corrected chi connectivity index (χ0v) is 22.1. The predicted molar refractivity (Wildman–Crippen MR) is 138 cm³/mol. The second-order valence-electron chi connectivity index (χ2n) is 10.0. The fourth-order valence-electron chi connectivity index (χ4n) is 5.19. The summed E-state index contributed by atoms with van der Waals surface area (Å²) in [4.78, 5) is 28.2. The van der Waals surface area contributed by atoms with Crippen LogP contribution in [-0.2, 0) is 29.6 Å². The molecule has 0 aromatic carbocycles. The largest absolute Gasteiger partial charge is 0.469 e. The predicted octanol–water partition coefficient (Wildman–Crippen LogP) is 3.71. The number of carbonyl (C=O) groups is 1. The number of aromatic nitrogens is 6. The molecule has 0 amide bonds. The summed E-state index contributed by atoms with van der Waals surface area (Å²) in [6.07, 6.45) is 7.11. The molecule has 10 heteroatoms. The molecule has 0 bridgehead atoms. The minimum absolute atomic E-state index is 0.118. The summed E-state index contributed by atoms with van der Waals surface area (Å²) in [6.45, 7) is 6.01. The van der Waals surface area contributed by atoms with Gasteiger partial charge < -0.3 is 14.4 Å². The Kier molecular flexibility index (Phi) is 7.34. The van der Waals surface area contributed by atoms with Gasteiger partial charge in [0.25, 0.3) is 0 Å². The molecule has 0 N–H and O–H groups in total. The highest BCUT2D eigenvalue weighted by Gasteiger charge is 2.32. The van der Waals surface area contributed by atoms with Crippen molar-refractivity contribution in [1.82, 2.24) is 29.9 Å². The molecule has 196 valence electrons. The number of hydrogen-bond acceptors (Lipinski definition) is 9. The molecule has 1 aliphatic heterocycles. The van der Waals surface area contributed by atoms with Gasteiger partial charge in [0.2, 0.25) is 0 Å². The average Bonchev–Trinajstić information content (AvgIpc) is 3.52. The molecule has 2 atom stereocenters. The number of carbonyl (C=O) groups excluding carboxylic acids is 1. The lowest BCUT2D eigenvalue weighted by atomic mass is 9.83. The highest BCUT2D eigenvalue weighted by molar-refractivity contribution is 5.72. The van der Waals surface area contributed by atoms with Crippen LogP contribution in [0.1, 0.15) is 62.5 Å². The van der Waals surface area contributed by atoms with Gasteiger partial charge in [-0.3, -0.25) is 4.79 Å². The van der Waals surface area contributed by atoms with E-state index in [0.29, 0.717) is 17.6 Å². The van der Waals surface area contributed by atoms with E-state index in [0.717, 1.165) is 54.4 Å². The molecule has 1 aliphatic carbocycles. The molecule has 10 nitrogen and oxygen atoms in total. The minimum Gasteiger partial charge on any atom is -0.469 e. The number of anilines is 1. The maximum Gasteiger partial charge on any atom is 0.316 e. The van der Waals surface area contributed by atoms with Crippen molar-refractivity contribution in [3.05, 3.63) is 41.5 Å². The summed E-state index contributed by atoms with van der Waals surface area (Å²) in [7, 11) is 3.30. The van der Waals surface area contributed by atoms with Gasteiger partial charge >= 0.3 is 12.0 Å². The van der Waals surface area contributed by atoms with Crippen LogP contribution in [0.3, 0.4) is 0 Å². The van der Waals surface area contributed by atoms with Crippen LogP contribution in [0, 0.1) is 11.8 Å². The number of methoxy groups -OCH3 is 1. The van der Waals surface area contributed by atoms with Gasteiger partial charge in [-0.15, -0.1) is 5.10 Å². The molecule has 2 aliphatic rings. The fourth-order valence-corrected chi connectivity index (χ4v) is 5.19. The monoisotopic (exact) mass is 505 g/mol. The van der Waals surface area contributed by atoms with Gasteiger partial charge in [0.15, 0.2) is 0 Å². The summed E-state index contributed by atoms with van der Waals surface area (Å²) >= 11 is 0. The van der Waals surface area contributed by atoms with Crippen LogP contribution in [0.5, 0.6) is 6.01 Å². The highest BCUT2D eigenvalue weighted by Crippen LogP contribution is 2.36. The highest BCUT2D eigenvalue weighted by atomic mass is 16.5. The number of rotatable bonds is 9. The maximum absolute atomic E-state index is 12.0. The van der Waals surface area contributed by atoms with Gasteiger partial charge in [0.05, 0.1) is 35.8 Å². The van der Waals surface area contributed by atoms with Gasteiger partial charge in [-0.2, -0.15) is 4.98 Å². The first-order valence-electron chi connectivity index (χ1n) is 13.2. The Balaban J connectivity index is 1.32. The van der Waals surface area contributed by atoms with Crippen molar-refractivity contribution in [2.24, 2.45) is 18.9 Å². The van der Waals surface area contributed by atoms with Crippen molar-refractivity contribution in [3.8, 4) is 17.4 Å². The second-order valence-corrected chi connectivity index (χ2v) is 10.0. The van der Waals surface area contributed by atoms with E-state index < -0.39 is 0 Å². The summed E-state index contributed by atoms with van der Waals surface area (Å²) in [5, 5.41) is 8.63. The van der Waals surface area contributed by atoms with E-state index in [4.69, 9.17) is 14.5 Å². The van der Waals surface area contributed by atoms with Crippen molar-refractivity contribution in [2.75, 3.05) is 25.1 Å². The summed E-state index contributed by atoms with van der Waals surface area (Å²) in [5.74, 6) is 0.524. The van der Waals surface area contributed by atoms with E-state index in [9.17, 15) is 4.79 Å². The van der Waals surface area contributed by atoms with E-state index >= 15 is 0 Å². The summed E-state index contributed by atoms with van der Waals surface area (Å²) in [6, 6.07) is 6.45. The van der Waals surface area contributed by atoms with Gasteiger partial charge in [-0.1, -0.05) is 25.5 Å². The van der Waals surface area contributed by atoms with E-state index in [1.807, 2.05) is 26.1 Å². The first kappa shape index (κ1) is 25.1. The quantitative estimate of drug-likeness (QED) is 0.402. The minimum atomic E-state index is -0.145. The smallest absolute Gasteiger partial charge is 0.316 e. The van der Waals surface area contributed by atoms with E-state index in [2.05, 4.69) is 38.2 Å². The third-order valence-corrected chi connectivity index (χ3v) is 7.83. The van der Waals surface area contributed by atoms with Crippen molar-refractivity contribution >= 4 is 11.7 Å². The van der Waals surface area contributed by atoms with Crippen LogP contribution < -0.4 is 9.64 Å². The topological polar surface area (TPSA) is 108 Å². The van der Waals surface area contributed by atoms with Crippen molar-refractivity contribution in [3.63, 3.8) is 0 Å². The van der Waals surface area contributed by atoms with Gasteiger partial charge in [-0.05, 0) is 49.8 Å². The van der Waals surface area contributed by atoms with Crippen molar-refractivity contribution in [1.29, 1.82) is 0 Å². The third-order valence-electron chi connectivity index (χ3n) is 7.83. The number of nitrogens with zero attached hydrogens (tertiary/aromatic N) is 7. The Morgan fingerprint density at radius 1 is 1.19 bits per heavy atom. The number of pyridine rings is 1. The number of esters is 1. The van der Waals surface area contributed by atoms with Gasteiger partial charge in [0.1, 0.15) is 18.0 Å². The third kappa shape index (κ3) is 5.14. The van der Waals surface area contributed by atoms with Crippen LogP contribution >= 0.6 is 0 Å². The van der Waals surface area contributed by atoms with Crippen LogP contribution in [0.25, 0.3) is 11.4 Å². The molecular formula is C27H35N7O3. The Morgan fingerprint density at radius 3 is 2.76 bits per heavy atom. The van der Waals surface area contributed by atoms with Gasteiger partial charge in [0, 0.05) is 32.3 Å². The van der Waals surface area contributed by atoms with Crippen molar-refractivity contribution in [2.45, 2.75) is 58.5 Å².